The van der Waals surface area contributed by atoms with Gasteiger partial charge in [-0.05, 0) is 97.9 Å². The van der Waals surface area contributed by atoms with Gasteiger partial charge in [0.15, 0.2) is 0 Å². The molecule has 2 N–H and O–H groups in total. The van der Waals surface area contributed by atoms with Crippen molar-refractivity contribution in [2.75, 3.05) is 0 Å². The van der Waals surface area contributed by atoms with E-state index in [0.717, 1.165) is 85.1 Å². The number of aryl methyl sites for hydroxylation is 4. The summed E-state index contributed by atoms with van der Waals surface area (Å²) in [4.78, 5) is 0. The number of aromatic hydroxyl groups is 2. The maximum absolute atomic E-state index is 11.6. The molecular formula is C56H98O3. The number of benzene rings is 2. The van der Waals surface area contributed by atoms with Gasteiger partial charge in [-0.1, -0.05) is 233 Å². The van der Waals surface area contributed by atoms with Crippen molar-refractivity contribution in [2.45, 2.75) is 285 Å². The van der Waals surface area contributed by atoms with E-state index in [2.05, 4.69) is 52.0 Å². The van der Waals surface area contributed by atoms with Crippen LogP contribution in [-0.2, 0) is 25.7 Å². The third kappa shape index (κ3) is 26.7. The van der Waals surface area contributed by atoms with Gasteiger partial charge in [0.25, 0.3) is 0 Å². The molecule has 0 radical (unpaired) electrons. The molecule has 3 heteroatoms. The lowest BCUT2D eigenvalue weighted by Gasteiger charge is -2.17. The lowest BCUT2D eigenvalue weighted by Crippen LogP contribution is -1.98. The lowest BCUT2D eigenvalue weighted by molar-refractivity contribution is 0.440. The molecule has 59 heavy (non-hydrogen) atoms. The second kappa shape index (κ2) is 37.6. The van der Waals surface area contributed by atoms with E-state index in [1.165, 1.54) is 205 Å². The fourth-order valence-electron chi connectivity index (χ4n) is 8.98. The molecule has 2 aromatic carbocycles. The molecule has 0 amide bonds. The molecule has 0 saturated heterocycles. The monoisotopic (exact) mass is 819 g/mol. The van der Waals surface area contributed by atoms with Crippen molar-refractivity contribution in [1.29, 1.82) is 0 Å². The maximum Gasteiger partial charge on any atom is 0.128 e. The SMILES string of the molecule is CCCCCCCCCCCc1cc(Oc2cc(CCCCCCCCCCC)c(O)c(CCCCCCCCCCC)c2)cc(CCCCCCCCCCC)c1O. The van der Waals surface area contributed by atoms with Crippen molar-refractivity contribution >= 4 is 0 Å². The summed E-state index contributed by atoms with van der Waals surface area (Å²) < 4.78 is 6.80. The Balaban J connectivity index is 2.16. The molecule has 3 nitrogen and oxygen atoms in total. The quantitative estimate of drug-likeness (QED) is 0.0656. The van der Waals surface area contributed by atoms with Gasteiger partial charge < -0.3 is 14.9 Å². The predicted octanol–water partition coefficient (Wildman–Crippen LogP) is 19.2. The Kier molecular flexibility index (Phi) is 33.8. The third-order valence-electron chi connectivity index (χ3n) is 12.9. The highest BCUT2D eigenvalue weighted by atomic mass is 16.5. The zero-order chi connectivity index (χ0) is 42.4. The Hall–Kier alpha value is -2.16. The molecule has 0 heterocycles. The van der Waals surface area contributed by atoms with Gasteiger partial charge in [0.2, 0.25) is 0 Å². The zero-order valence-corrected chi connectivity index (χ0v) is 39.9. The first kappa shape index (κ1) is 53.0. The lowest BCUT2D eigenvalue weighted by atomic mass is 9.97. The summed E-state index contributed by atoms with van der Waals surface area (Å²) in [5.74, 6) is 2.68. The van der Waals surface area contributed by atoms with E-state index >= 15 is 0 Å². The summed E-state index contributed by atoms with van der Waals surface area (Å²) in [7, 11) is 0. The Morgan fingerprint density at radius 1 is 0.271 bits per heavy atom. The number of unbranched alkanes of at least 4 members (excludes halogenated alkanes) is 32. The first-order valence-corrected chi connectivity index (χ1v) is 26.4. The van der Waals surface area contributed by atoms with Gasteiger partial charge in [-0.2, -0.15) is 0 Å². The maximum atomic E-state index is 11.6. The Morgan fingerprint density at radius 2 is 0.441 bits per heavy atom. The van der Waals surface area contributed by atoms with Crippen molar-refractivity contribution in [1.82, 2.24) is 0 Å². The van der Waals surface area contributed by atoms with E-state index in [1.807, 2.05) is 0 Å². The molecule has 0 atom stereocenters. The molecule has 0 unspecified atom stereocenters. The number of hydrogen-bond acceptors (Lipinski definition) is 3. The Labute approximate surface area is 367 Å². The van der Waals surface area contributed by atoms with Crippen LogP contribution in [0.5, 0.6) is 23.0 Å². The van der Waals surface area contributed by atoms with Crippen molar-refractivity contribution in [2.24, 2.45) is 0 Å². The molecule has 340 valence electrons. The molecule has 0 aromatic heterocycles. The molecule has 0 fully saturated rings. The van der Waals surface area contributed by atoms with Crippen molar-refractivity contribution in [3.8, 4) is 23.0 Å². The van der Waals surface area contributed by atoms with Gasteiger partial charge in [-0.15, -0.1) is 0 Å². The number of hydrogen-bond donors (Lipinski definition) is 2. The molecule has 0 aliphatic heterocycles. The fourth-order valence-corrected chi connectivity index (χ4v) is 8.98. The van der Waals surface area contributed by atoms with Crippen LogP contribution in [0.15, 0.2) is 24.3 Å². The summed E-state index contributed by atoms with van der Waals surface area (Å²) in [5.41, 5.74) is 4.17. The Bertz CT molecular complexity index is 1070. The van der Waals surface area contributed by atoms with Gasteiger partial charge in [0, 0.05) is 0 Å². The summed E-state index contributed by atoms with van der Waals surface area (Å²) in [5, 5.41) is 23.2. The van der Waals surface area contributed by atoms with Crippen LogP contribution >= 0.6 is 0 Å². The molecule has 2 aromatic rings. The van der Waals surface area contributed by atoms with Gasteiger partial charge in [0.1, 0.15) is 23.0 Å². The second-order valence-corrected chi connectivity index (χ2v) is 18.6. The van der Waals surface area contributed by atoms with Crippen molar-refractivity contribution in [3.05, 3.63) is 46.5 Å². The molecule has 0 spiro atoms. The molecule has 2 rings (SSSR count). The van der Waals surface area contributed by atoms with E-state index in [1.54, 1.807) is 0 Å². The summed E-state index contributed by atoms with van der Waals surface area (Å²) in [6.45, 7) is 9.15. The second-order valence-electron chi connectivity index (χ2n) is 18.6. The zero-order valence-electron chi connectivity index (χ0n) is 39.9. The van der Waals surface area contributed by atoms with Gasteiger partial charge in [0.05, 0.1) is 0 Å². The number of phenolic OH excluding ortho intramolecular Hbond substituents is 2. The van der Waals surface area contributed by atoms with Crippen molar-refractivity contribution < 1.29 is 14.9 Å². The van der Waals surface area contributed by atoms with E-state index in [0.29, 0.717) is 11.5 Å². The standard InChI is InChI=1S/C56H98O3/c1-5-9-13-17-21-25-29-33-37-41-49-45-53(46-50(55(49)57)42-38-34-30-26-22-18-14-10-6-2)59-54-47-51(43-39-35-31-27-23-19-15-11-7-3)56(58)52(48-54)44-40-36-32-28-24-20-16-12-8-4/h45-48,57-58H,5-44H2,1-4H3. The van der Waals surface area contributed by atoms with Gasteiger partial charge in [-0.25, -0.2) is 0 Å². The minimum Gasteiger partial charge on any atom is -0.507 e. The van der Waals surface area contributed by atoms with E-state index in [9.17, 15) is 10.2 Å². The fraction of sp³-hybridized carbons (Fsp3) is 0.786. The van der Waals surface area contributed by atoms with Crippen LogP contribution in [0.1, 0.15) is 281 Å². The van der Waals surface area contributed by atoms with Crippen LogP contribution < -0.4 is 4.74 Å². The van der Waals surface area contributed by atoms with Crippen LogP contribution in [0.2, 0.25) is 0 Å². The largest absolute Gasteiger partial charge is 0.507 e. The highest BCUT2D eigenvalue weighted by Crippen LogP contribution is 2.37. The highest BCUT2D eigenvalue weighted by Gasteiger charge is 2.15. The summed E-state index contributed by atoms with van der Waals surface area (Å²) >= 11 is 0. The average molecular weight is 819 g/mol. The summed E-state index contributed by atoms with van der Waals surface area (Å²) in [6.07, 6.45) is 50.4. The van der Waals surface area contributed by atoms with Crippen molar-refractivity contribution in [3.63, 3.8) is 0 Å². The smallest absolute Gasteiger partial charge is 0.128 e. The van der Waals surface area contributed by atoms with Crippen LogP contribution in [0, 0.1) is 0 Å². The van der Waals surface area contributed by atoms with Crippen LogP contribution in [0.3, 0.4) is 0 Å². The average Bonchev–Trinajstić information content (AvgIpc) is 3.23. The topological polar surface area (TPSA) is 49.7 Å². The molecule has 0 bridgehead atoms. The van der Waals surface area contributed by atoms with Gasteiger partial charge in [-0.3, -0.25) is 0 Å². The molecule has 0 aliphatic carbocycles. The minimum absolute atomic E-state index is 0.499. The molecule has 0 aliphatic rings. The first-order valence-electron chi connectivity index (χ1n) is 26.4. The van der Waals surface area contributed by atoms with Crippen LogP contribution in [0.25, 0.3) is 0 Å². The number of ether oxygens (including phenoxy) is 1. The van der Waals surface area contributed by atoms with E-state index < -0.39 is 0 Å². The summed E-state index contributed by atoms with van der Waals surface area (Å²) in [6, 6.07) is 8.47. The van der Waals surface area contributed by atoms with Crippen LogP contribution in [0.4, 0.5) is 0 Å². The molecular weight excluding hydrogens is 721 g/mol. The molecule has 0 saturated carbocycles. The first-order chi connectivity index (χ1) is 29.0. The normalized spacial score (nSPS) is 11.5. The van der Waals surface area contributed by atoms with E-state index in [4.69, 9.17) is 4.74 Å². The minimum atomic E-state index is 0.499. The van der Waals surface area contributed by atoms with Gasteiger partial charge >= 0.3 is 0 Å². The Morgan fingerprint density at radius 3 is 0.627 bits per heavy atom. The number of rotatable bonds is 42. The third-order valence-corrected chi connectivity index (χ3v) is 12.9. The highest BCUT2D eigenvalue weighted by molar-refractivity contribution is 5.51. The van der Waals surface area contributed by atoms with E-state index in [-0.39, 0.29) is 0 Å². The predicted molar refractivity (Wildman–Crippen MR) is 260 cm³/mol. The number of phenols is 2. The van der Waals surface area contributed by atoms with Crippen LogP contribution in [-0.4, -0.2) is 10.2 Å².